The van der Waals surface area contributed by atoms with E-state index in [0.29, 0.717) is 4.90 Å². The Hall–Kier alpha value is -2.77. The maximum atomic E-state index is 10.8. The summed E-state index contributed by atoms with van der Waals surface area (Å²) in [5.41, 5.74) is 0. The van der Waals surface area contributed by atoms with Gasteiger partial charge in [-0.05, 0) is 0 Å². The molecule has 27 heavy (non-hydrogen) atoms. The van der Waals surface area contributed by atoms with Gasteiger partial charge in [0, 0.05) is 0 Å². The minimum Gasteiger partial charge on any atom is -0.544 e. The van der Waals surface area contributed by atoms with E-state index in [1.54, 1.807) is 0 Å². The molecule has 13 nitrogen and oxygen atoms in total. The second-order valence-electron chi connectivity index (χ2n) is 5.99. The van der Waals surface area contributed by atoms with Gasteiger partial charge >= 0.3 is 0 Å². The molecule has 0 aromatic heterocycles. The highest BCUT2D eigenvalue weighted by molar-refractivity contribution is 5.68. The Morgan fingerprint density at radius 2 is 0.593 bits per heavy atom. The van der Waals surface area contributed by atoms with Gasteiger partial charge in [0.1, 0.15) is 58.9 Å². The van der Waals surface area contributed by atoms with Gasteiger partial charge in [0.15, 0.2) is 0 Å². The lowest BCUT2D eigenvalue weighted by molar-refractivity contribution is -0.972. The van der Waals surface area contributed by atoms with E-state index in [1.165, 1.54) is 0 Å². The summed E-state index contributed by atoms with van der Waals surface area (Å²) < 4.78 is 0. The minimum atomic E-state index is -1.49. The molecule has 13 heteroatoms. The van der Waals surface area contributed by atoms with Crippen molar-refractivity contribution in [2.75, 3.05) is 58.9 Å². The number of carboxylic acids is 5. The van der Waals surface area contributed by atoms with E-state index in [-0.39, 0.29) is 36.0 Å². The molecule has 0 rings (SSSR count). The fourth-order valence-electron chi connectivity index (χ4n) is 2.51. The predicted molar refractivity (Wildman–Crippen MR) is 71.7 cm³/mol. The zero-order valence-electron chi connectivity index (χ0n) is 14.4. The van der Waals surface area contributed by atoms with E-state index < -0.39 is 62.6 Å². The van der Waals surface area contributed by atoms with Crippen LogP contribution in [0.3, 0.4) is 0 Å². The first kappa shape index (κ1) is 24.2. The monoisotopic (exact) mass is 391 g/mol. The van der Waals surface area contributed by atoms with Crippen molar-refractivity contribution in [2.24, 2.45) is 0 Å². The summed E-state index contributed by atoms with van der Waals surface area (Å²) in [6.45, 7) is -3.12. The van der Waals surface area contributed by atoms with E-state index in [2.05, 4.69) is 0 Å². The quantitative estimate of drug-likeness (QED) is 0.226. The topological polar surface area (TPSA) is 214 Å². The molecule has 0 heterocycles. The first-order valence-electron chi connectivity index (χ1n) is 7.99. The van der Waals surface area contributed by atoms with Crippen molar-refractivity contribution in [3.63, 3.8) is 0 Å². The summed E-state index contributed by atoms with van der Waals surface area (Å²) in [4.78, 5) is 53.9. The number of carbonyl (C=O) groups excluding carboxylic acids is 5. The van der Waals surface area contributed by atoms with Gasteiger partial charge in [-0.1, -0.05) is 0 Å². The molecule has 0 saturated carbocycles. The van der Waals surface area contributed by atoms with Crippen molar-refractivity contribution in [2.45, 2.75) is 0 Å². The molecule has 3 N–H and O–H groups in total. The van der Waals surface area contributed by atoms with E-state index in [9.17, 15) is 49.5 Å². The molecule has 0 saturated heterocycles. The molecule has 154 valence electrons. The third kappa shape index (κ3) is 14.1. The maximum absolute atomic E-state index is 10.8. The molecule has 0 radical (unpaired) electrons. The van der Waals surface area contributed by atoms with Crippen molar-refractivity contribution in [3.8, 4) is 0 Å². The Balaban J connectivity index is 4.85. The summed E-state index contributed by atoms with van der Waals surface area (Å²) in [6.07, 6.45) is 0. The first-order chi connectivity index (χ1) is 12.5. The van der Waals surface area contributed by atoms with Gasteiger partial charge < -0.3 is 64.2 Å². The van der Waals surface area contributed by atoms with Crippen LogP contribution in [0.5, 0.6) is 0 Å². The molecule has 0 atom stereocenters. The van der Waals surface area contributed by atoms with Crippen molar-refractivity contribution in [1.82, 2.24) is 0 Å². The van der Waals surface area contributed by atoms with Crippen LogP contribution in [0.25, 0.3) is 0 Å². The summed E-state index contributed by atoms with van der Waals surface area (Å²) in [6, 6.07) is 0. The van der Waals surface area contributed by atoms with Crippen LogP contribution in [0.4, 0.5) is 0 Å². The average molecular weight is 391 g/mol. The Morgan fingerprint density at radius 3 is 0.815 bits per heavy atom. The molecule has 0 amide bonds. The molecular formula is C14H21N3O10-2. The second-order valence-corrected chi connectivity index (χ2v) is 5.99. The Morgan fingerprint density at radius 1 is 0.407 bits per heavy atom. The van der Waals surface area contributed by atoms with Crippen molar-refractivity contribution in [3.05, 3.63) is 0 Å². The Bertz CT molecular complexity index is 481. The zero-order valence-corrected chi connectivity index (χ0v) is 14.4. The average Bonchev–Trinajstić information content (AvgIpc) is 2.46. The Kier molecular flexibility index (Phi) is 11.3. The summed E-state index contributed by atoms with van der Waals surface area (Å²) in [5.74, 6) is -7.41. The first-order valence-corrected chi connectivity index (χ1v) is 7.99. The molecule has 0 aliphatic rings. The molecule has 0 aliphatic carbocycles. The van der Waals surface area contributed by atoms with Crippen LogP contribution in [0.1, 0.15) is 0 Å². The number of nitrogens with one attached hydrogen (secondary N) is 3. The van der Waals surface area contributed by atoms with Crippen LogP contribution in [0.2, 0.25) is 0 Å². The molecule has 0 aromatic carbocycles. The van der Waals surface area contributed by atoms with Crippen LogP contribution in [0.15, 0.2) is 0 Å². The number of quaternary nitrogens is 3. The largest absolute Gasteiger partial charge is 0.544 e. The van der Waals surface area contributed by atoms with E-state index in [1.807, 2.05) is 0 Å². The number of hydrogen-bond donors (Lipinski definition) is 3. The second kappa shape index (κ2) is 12.6. The minimum absolute atomic E-state index is 0.00773. The molecule has 0 aromatic rings. The summed E-state index contributed by atoms with van der Waals surface area (Å²) in [7, 11) is 0. The van der Waals surface area contributed by atoms with Gasteiger partial charge in [-0.25, -0.2) is 0 Å². The van der Waals surface area contributed by atoms with Crippen molar-refractivity contribution in [1.29, 1.82) is 0 Å². The lowest BCUT2D eigenvalue weighted by Gasteiger charge is -2.26. The van der Waals surface area contributed by atoms with Gasteiger partial charge in [-0.15, -0.1) is 0 Å². The molecule has 0 bridgehead atoms. The van der Waals surface area contributed by atoms with Gasteiger partial charge in [0.2, 0.25) is 0 Å². The van der Waals surface area contributed by atoms with Crippen LogP contribution in [0, 0.1) is 0 Å². The van der Waals surface area contributed by atoms with E-state index in [4.69, 9.17) is 0 Å². The number of carboxylic acid groups (broad SMARTS) is 5. The van der Waals surface area contributed by atoms with Gasteiger partial charge in [-0.3, -0.25) is 0 Å². The SMILES string of the molecule is O=C([O-])C[NH+](CC[NH+](CC(=O)[O-])CC(=O)[O-])CC[NH+](CC(=O)[O-])CC(=O)[O-]. The van der Waals surface area contributed by atoms with E-state index >= 15 is 0 Å². The van der Waals surface area contributed by atoms with Gasteiger partial charge in [0.05, 0.1) is 29.8 Å². The van der Waals surface area contributed by atoms with Crippen LogP contribution < -0.4 is 40.2 Å². The van der Waals surface area contributed by atoms with Gasteiger partial charge in [0.25, 0.3) is 0 Å². The Labute approximate surface area is 154 Å². The normalized spacial score (nSPS) is 11.1. The smallest absolute Gasteiger partial charge is 0.127 e. The third-order valence-corrected chi connectivity index (χ3v) is 3.64. The highest BCUT2D eigenvalue weighted by atomic mass is 16.4. The number of hydrogen-bond acceptors (Lipinski definition) is 10. The van der Waals surface area contributed by atoms with Gasteiger partial charge in [-0.2, -0.15) is 0 Å². The molecule has 0 aliphatic heterocycles. The standard InChI is InChI=1S/C14H23N3O10/c18-10(19)5-15(1-3-16(6-11(20)21)7-12(22)23)2-4-17(8-13(24)25)9-14(26)27/h1-9H2,(H,18,19)(H,20,21)(H,22,23)(H,24,25)(H,26,27)/p-2. The lowest BCUT2D eigenvalue weighted by Crippen LogP contribution is -3.25. The van der Waals surface area contributed by atoms with Crippen LogP contribution >= 0.6 is 0 Å². The zero-order chi connectivity index (χ0) is 21.0. The predicted octanol–water partition coefficient (Wildman–Crippen LogP) is -13.6. The highest BCUT2D eigenvalue weighted by Crippen LogP contribution is 1.58. The van der Waals surface area contributed by atoms with Crippen LogP contribution in [-0.2, 0) is 24.0 Å². The number of aliphatic carboxylic acids is 5. The molecule has 0 spiro atoms. The molecular weight excluding hydrogens is 370 g/mol. The number of rotatable bonds is 16. The van der Waals surface area contributed by atoms with Crippen LogP contribution in [-0.4, -0.2) is 88.7 Å². The maximum Gasteiger partial charge on any atom is 0.127 e. The third-order valence-electron chi connectivity index (χ3n) is 3.64. The lowest BCUT2D eigenvalue weighted by atomic mass is 10.3. The van der Waals surface area contributed by atoms with Crippen molar-refractivity contribution >= 4 is 29.8 Å². The highest BCUT2D eigenvalue weighted by Gasteiger charge is 2.18. The molecule has 0 unspecified atom stereocenters. The summed E-state index contributed by atoms with van der Waals surface area (Å²) >= 11 is 0. The fourth-order valence-corrected chi connectivity index (χ4v) is 2.51. The van der Waals surface area contributed by atoms with Crippen molar-refractivity contribution < 1.29 is 64.2 Å². The molecule has 0 fully saturated rings. The van der Waals surface area contributed by atoms with E-state index in [0.717, 1.165) is 0 Å². The fraction of sp³-hybridized carbons (Fsp3) is 0.643. The number of carbonyl (C=O) groups is 5. The summed E-state index contributed by atoms with van der Waals surface area (Å²) in [5, 5.41) is 53.5.